The van der Waals surface area contributed by atoms with Gasteiger partial charge >= 0.3 is 0 Å². The predicted octanol–water partition coefficient (Wildman–Crippen LogP) is 5.25. The van der Waals surface area contributed by atoms with E-state index in [1.807, 2.05) is 0 Å². The SMILES string of the molecule is C#CCCCCC(C)C(=C)NCCCCC1C(CC)=CC(=C)N1C. The van der Waals surface area contributed by atoms with Crippen molar-refractivity contribution >= 4 is 0 Å². The highest BCUT2D eigenvalue weighted by Gasteiger charge is 2.24. The first-order chi connectivity index (χ1) is 11.5. The lowest BCUT2D eigenvalue weighted by Gasteiger charge is -2.25. The highest BCUT2D eigenvalue weighted by molar-refractivity contribution is 5.31. The van der Waals surface area contributed by atoms with Gasteiger partial charge in [0.15, 0.2) is 0 Å². The van der Waals surface area contributed by atoms with Crippen molar-refractivity contribution in [2.45, 2.75) is 71.3 Å². The van der Waals surface area contributed by atoms with Gasteiger partial charge in [0.1, 0.15) is 0 Å². The summed E-state index contributed by atoms with van der Waals surface area (Å²) in [7, 11) is 2.16. The summed E-state index contributed by atoms with van der Waals surface area (Å²) in [6.45, 7) is 13.8. The van der Waals surface area contributed by atoms with Crippen LogP contribution >= 0.6 is 0 Å². The second-order valence-corrected chi connectivity index (χ2v) is 6.99. The van der Waals surface area contributed by atoms with Crippen molar-refractivity contribution in [1.82, 2.24) is 10.2 Å². The van der Waals surface area contributed by atoms with Gasteiger partial charge in [0.2, 0.25) is 0 Å². The standard InChI is InChI=1S/C22H36N2/c1-7-9-10-11-14-18(3)20(5)23-16-13-12-15-22-21(8-2)17-19(4)24(22)6/h1,17-18,22-23H,4-5,8-16H2,2-3,6H3. The van der Waals surface area contributed by atoms with Crippen molar-refractivity contribution in [2.75, 3.05) is 13.6 Å². The Labute approximate surface area is 150 Å². The Bertz CT molecular complexity index is 481. The molecular formula is C22H36N2. The molecule has 0 saturated carbocycles. The molecule has 0 radical (unpaired) electrons. The fourth-order valence-electron chi connectivity index (χ4n) is 3.32. The molecule has 2 atom stereocenters. The van der Waals surface area contributed by atoms with Crippen LogP contribution in [0.5, 0.6) is 0 Å². The smallest absolute Gasteiger partial charge is 0.0502 e. The summed E-state index contributed by atoms with van der Waals surface area (Å²) in [6, 6.07) is 0.556. The minimum Gasteiger partial charge on any atom is -0.389 e. The molecule has 2 heteroatoms. The molecule has 0 saturated heterocycles. The highest BCUT2D eigenvalue weighted by Crippen LogP contribution is 2.29. The maximum absolute atomic E-state index is 5.29. The summed E-state index contributed by atoms with van der Waals surface area (Å²) in [4.78, 5) is 2.32. The second kappa shape index (κ2) is 11.0. The lowest BCUT2D eigenvalue weighted by molar-refractivity contribution is 0.341. The Hall–Kier alpha value is -1.62. The van der Waals surface area contributed by atoms with E-state index in [1.54, 1.807) is 0 Å². The summed E-state index contributed by atoms with van der Waals surface area (Å²) in [6.07, 6.45) is 16.7. The van der Waals surface area contributed by atoms with E-state index in [9.17, 15) is 0 Å². The molecule has 0 aromatic heterocycles. The van der Waals surface area contributed by atoms with E-state index in [0.29, 0.717) is 12.0 Å². The first-order valence-corrected chi connectivity index (χ1v) is 9.49. The summed E-state index contributed by atoms with van der Waals surface area (Å²) < 4.78 is 0. The second-order valence-electron chi connectivity index (χ2n) is 6.99. The minimum atomic E-state index is 0.529. The van der Waals surface area contributed by atoms with E-state index in [0.717, 1.165) is 31.5 Å². The Morgan fingerprint density at radius 2 is 2.12 bits per heavy atom. The van der Waals surface area contributed by atoms with Crippen molar-refractivity contribution in [2.24, 2.45) is 5.92 Å². The summed E-state index contributed by atoms with van der Waals surface area (Å²) in [5, 5.41) is 3.51. The molecule has 0 fully saturated rings. The average molecular weight is 329 g/mol. The van der Waals surface area contributed by atoms with Crippen molar-refractivity contribution in [3.05, 3.63) is 36.2 Å². The van der Waals surface area contributed by atoms with Gasteiger partial charge < -0.3 is 10.2 Å². The molecule has 0 spiro atoms. The molecule has 24 heavy (non-hydrogen) atoms. The average Bonchev–Trinajstić information content (AvgIpc) is 2.85. The van der Waals surface area contributed by atoms with Crippen LogP contribution in [0.2, 0.25) is 0 Å². The van der Waals surface area contributed by atoms with E-state index in [1.165, 1.54) is 43.4 Å². The van der Waals surface area contributed by atoms with E-state index in [2.05, 4.69) is 56.3 Å². The third-order valence-corrected chi connectivity index (χ3v) is 5.17. The van der Waals surface area contributed by atoms with Gasteiger partial charge in [-0.1, -0.05) is 33.4 Å². The third kappa shape index (κ3) is 6.48. The number of hydrogen-bond donors (Lipinski definition) is 1. The van der Waals surface area contributed by atoms with Crippen molar-refractivity contribution < 1.29 is 0 Å². The predicted molar refractivity (Wildman–Crippen MR) is 107 cm³/mol. The summed E-state index contributed by atoms with van der Waals surface area (Å²) in [5.41, 5.74) is 3.86. The first kappa shape index (κ1) is 20.4. The number of unbranched alkanes of at least 4 members (excludes halogenated alkanes) is 3. The summed E-state index contributed by atoms with van der Waals surface area (Å²) >= 11 is 0. The van der Waals surface area contributed by atoms with Gasteiger partial charge in [0.25, 0.3) is 0 Å². The van der Waals surface area contributed by atoms with E-state index < -0.39 is 0 Å². The fourth-order valence-corrected chi connectivity index (χ4v) is 3.32. The van der Waals surface area contributed by atoms with Crippen LogP contribution in [-0.4, -0.2) is 24.5 Å². The zero-order valence-corrected chi connectivity index (χ0v) is 16.0. The van der Waals surface area contributed by atoms with E-state index in [-0.39, 0.29) is 0 Å². The lowest BCUT2D eigenvalue weighted by atomic mass is 9.99. The molecule has 1 rings (SSSR count). The number of allylic oxidation sites excluding steroid dienone is 2. The molecule has 1 heterocycles. The zero-order valence-electron chi connectivity index (χ0n) is 16.0. The molecule has 2 unspecified atom stereocenters. The fraction of sp³-hybridized carbons (Fsp3) is 0.636. The normalized spacial score (nSPS) is 18.2. The van der Waals surface area contributed by atoms with Crippen LogP contribution in [0, 0.1) is 18.3 Å². The lowest BCUT2D eigenvalue weighted by Crippen LogP contribution is -2.27. The molecule has 2 nitrogen and oxygen atoms in total. The van der Waals surface area contributed by atoms with Gasteiger partial charge in [0.05, 0.1) is 6.04 Å². The van der Waals surface area contributed by atoms with Crippen LogP contribution in [0.4, 0.5) is 0 Å². The Morgan fingerprint density at radius 1 is 1.38 bits per heavy atom. The van der Waals surface area contributed by atoms with Crippen LogP contribution < -0.4 is 5.32 Å². The molecule has 0 bridgehead atoms. The van der Waals surface area contributed by atoms with Crippen LogP contribution in [-0.2, 0) is 0 Å². The molecular weight excluding hydrogens is 292 g/mol. The zero-order chi connectivity index (χ0) is 17.9. The number of terminal acetylenes is 1. The van der Waals surface area contributed by atoms with Crippen LogP contribution in [0.25, 0.3) is 0 Å². The Morgan fingerprint density at radius 3 is 2.79 bits per heavy atom. The van der Waals surface area contributed by atoms with E-state index >= 15 is 0 Å². The maximum atomic E-state index is 5.29. The number of likely N-dealkylation sites (N-methyl/N-ethyl adjacent to an activating group) is 1. The van der Waals surface area contributed by atoms with Gasteiger partial charge in [-0.25, -0.2) is 0 Å². The number of nitrogens with zero attached hydrogens (tertiary/aromatic N) is 1. The first-order valence-electron chi connectivity index (χ1n) is 9.49. The number of hydrogen-bond acceptors (Lipinski definition) is 2. The molecule has 1 aliphatic heterocycles. The topological polar surface area (TPSA) is 15.3 Å². The largest absolute Gasteiger partial charge is 0.389 e. The van der Waals surface area contributed by atoms with Crippen LogP contribution in [0.15, 0.2) is 36.2 Å². The summed E-state index contributed by atoms with van der Waals surface area (Å²) in [5.74, 6) is 3.23. The number of nitrogens with one attached hydrogen (secondary N) is 1. The van der Waals surface area contributed by atoms with E-state index in [4.69, 9.17) is 6.42 Å². The molecule has 134 valence electrons. The molecule has 1 aliphatic rings. The van der Waals surface area contributed by atoms with Crippen LogP contribution in [0.3, 0.4) is 0 Å². The molecule has 1 N–H and O–H groups in total. The van der Waals surface area contributed by atoms with Gasteiger partial charge in [0, 0.05) is 31.4 Å². The van der Waals surface area contributed by atoms with Gasteiger partial charge in [-0.3, -0.25) is 0 Å². The quantitative estimate of drug-likeness (QED) is 0.388. The maximum Gasteiger partial charge on any atom is 0.0502 e. The number of rotatable bonds is 12. The van der Waals surface area contributed by atoms with Gasteiger partial charge in [-0.05, 0) is 56.1 Å². The Kier molecular flexibility index (Phi) is 9.38. The van der Waals surface area contributed by atoms with Crippen molar-refractivity contribution in [3.8, 4) is 12.3 Å². The molecule has 0 aromatic carbocycles. The highest BCUT2D eigenvalue weighted by atomic mass is 15.2. The van der Waals surface area contributed by atoms with Crippen LogP contribution in [0.1, 0.15) is 65.2 Å². The molecule has 0 amide bonds. The third-order valence-electron chi connectivity index (χ3n) is 5.17. The van der Waals surface area contributed by atoms with Gasteiger partial charge in [-0.2, -0.15) is 0 Å². The van der Waals surface area contributed by atoms with Gasteiger partial charge in [-0.15, -0.1) is 12.3 Å². The molecule has 0 aromatic rings. The molecule has 0 aliphatic carbocycles. The Balaban J connectivity index is 2.15. The van der Waals surface area contributed by atoms with Crippen molar-refractivity contribution in [3.63, 3.8) is 0 Å². The monoisotopic (exact) mass is 328 g/mol. The van der Waals surface area contributed by atoms with Crippen molar-refractivity contribution in [1.29, 1.82) is 0 Å². The minimum absolute atomic E-state index is 0.529.